The van der Waals surface area contributed by atoms with E-state index < -0.39 is 0 Å². The van der Waals surface area contributed by atoms with E-state index in [0.29, 0.717) is 23.7 Å². The summed E-state index contributed by atoms with van der Waals surface area (Å²) in [4.78, 5) is 0. The van der Waals surface area contributed by atoms with Gasteiger partial charge in [0, 0.05) is 23.7 Å². The first kappa shape index (κ1) is 15.5. The first-order valence-corrected chi connectivity index (χ1v) is 8.07. The molecule has 1 fully saturated rings. The maximum atomic E-state index is 13.1. The molecule has 2 atom stereocenters. The van der Waals surface area contributed by atoms with E-state index in [1.54, 1.807) is 6.07 Å². The van der Waals surface area contributed by atoms with Crippen molar-refractivity contribution in [2.75, 3.05) is 6.54 Å². The van der Waals surface area contributed by atoms with Gasteiger partial charge in [-0.2, -0.15) is 0 Å². The molecule has 0 bridgehead atoms. The Labute approximate surface area is 135 Å². The van der Waals surface area contributed by atoms with E-state index in [0.717, 1.165) is 24.9 Å². The number of nitrogens with one attached hydrogen (secondary N) is 2. The van der Waals surface area contributed by atoms with Gasteiger partial charge in [0.05, 0.1) is 0 Å². The molecule has 0 aromatic heterocycles. The second-order valence-electron chi connectivity index (χ2n) is 5.71. The summed E-state index contributed by atoms with van der Waals surface area (Å²) >= 11 is 6.10. The summed E-state index contributed by atoms with van der Waals surface area (Å²) < 4.78 is 13.1. The van der Waals surface area contributed by atoms with Gasteiger partial charge in [-0.25, -0.2) is 4.39 Å². The van der Waals surface area contributed by atoms with Crippen molar-refractivity contribution in [3.8, 4) is 0 Å². The average Bonchev–Trinajstić information content (AvgIpc) is 2.55. The third-order valence-electron chi connectivity index (χ3n) is 4.19. The molecule has 0 amide bonds. The maximum absolute atomic E-state index is 13.1. The van der Waals surface area contributed by atoms with Gasteiger partial charge < -0.3 is 10.6 Å². The average molecular weight is 319 g/mol. The summed E-state index contributed by atoms with van der Waals surface area (Å²) in [5, 5.41) is 7.65. The first-order chi connectivity index (χ1) is 10.7. The van der Waals surface area contributed by atoms with Crippen LogP contribution in [0.1, 0.15) is 30.0 Å². The number of halogens is 2. The molecule has 0 saturated carbocycles. The minimum Gasteiger partial charge on any atom is -0.309 e. The SMILES string of the molecule is Fc1ccc(CN[C@H]2CCCN[C@H]2c2ccccc2)c(Cl)c1. The fourth-order valence-corrected chi connectivity index (χ4v) is 3.26. The molecule has 0 unspecified atom stereocenters. The minimum atomic E-state index is -0.296. The van der Waals surface area contributed by atoms with Crippen molar-refractivity contribution < 1.29 is 4.39 Å². The number of rotatable bonds is 4. The Bertz CT molecular complexity index is 618. The van der Waals surface area contributed by atoms with Crippen LogP contribution in [0.5, 0.6) is 0 Å². The molecule has 0 spiro atoms. The van der Waals surface area contributed by atoms with Crippen LogP contribution in [0.15, 0.2) is 48.5 Å². The van der Waals surface area contributed by atoms with Gasteiger partial charge >= 0.3 is 0 Å². The lowest BCUT2D eigenvalue weighted by atomic mass is 9.92. The van der Waals surface area contributed by atoms with Crippen LogP contribution in [0, 0.1) is 5.82 Å². The fraction of sp³-hybridized carbons (Fsp3) is 0.333. The molecule has 2 aromatic carbocycles. The quantitative estimate of drug-likeness (QED) is 0.888. The van der Waals surface area contributed by atoms with E-state index >= 15 is 0 Å². The van der Waals surface area contributed by atoms with Gasteiger partial charge in [-0.05, 0) is 42.6 Å². The summed E-state index contributed by atoms with van der Waals surface area (Å²) in [6, 6.07) is 15.7. The zero-order chi connectivity index (χ0) is 15.4. The van der Waals surface area contributed by atoms with E-state index in [4.69, 9.17) is 11.6 Å². The monoisotopic (exact) mass is 318 g/mol. The highest BCUT2D eigenvalue weighted by Gasteiger charge is 2.25. The van der Waals surface area contributed by atoms with E-state index in [-0.39, 0.29) is 5.82 Å². The largest absolute Gasteiger partial charge is 0.309 e. The number of hydrogen-bond donors (Lipinski definition) is 2. The normalized spacial score (nSPS) is 21.7. The first-order valence-electron chi connectivity index (χ1n) is 7.69. The molecule has 0 radical (unpaired) electrons. The molecule has 2 aromatic rings. The van der Waals surface area contributed by atoms with Crippen LogP contribution in [-0.4, -0.2) is 12.6 Å². The number of hydrogen-bond acceptors (Lipinski definition) is 2. The maximum Gasteiger partial charge on any atom is 0.124 e. The smallest absolute Gasteiger partial charge is 0.124 e. The molecule has 4 heteroatoms. The van der Waals surface area contributed by atoms with Gasteiger partial charge in [0.1, 0.15) is 5.82 Å². The van der Waals surface area contributed by atoms with Crippen LogP contribution in [0.2, 0.25) is 5.02 Å². The van der Waals surface area contributed by atoms with Gasteiger partial charge in [-0.3, -0.25) is 0 Å². The highest BCUT2D eigenvalue weighted by molar-refractivity contribution is 6.31. The van der Waals surface area contributed by atoms with Gasteiger partial charge in [-0.1, -0.05) is 48.0 Å². The molecule has 116 valence electrons. The molecule has 2 N–H and O–H groups in total. The van der Waals surface area contributed by atoms with E-state index in [9.17, 15) is 4.39 Å². The lowest BCUT2D eigenvalue weighted by molar-refractivity contribution is 0.304. The number of benzene rings is 2. The summed E-state index contributed by atoms with van der Waals surface area (Å²) in [5.74, 6) is -0.296. The molecular formula is C18H20ClFN2. The van der Waals surface area contributed by atoms with Crippen molar-refractivity contribution in [1.29, 1.82) is 0 Å². The molecule has 3 rings (SSSR count). The molecule has 0 aliphatic carbocycles. The topological polar surface area (TPSA) is 24.1 Å². The fourth-order valence-electron chi connectivity index (χ4n) is 3.03. The van der Waals surface area contributed by atoms with Gasteiger partial charge in [0.25, 0.3) is 0 Å². The van der Waals surface area contributed by atoms with Crippen molar-refractivity contribution in [2.45, 2.75) is 31.5 Å². The molecular weight excluding hydrogens is 299 g/mol. The second kappa shape index (κ2) is 7.23. The summed E-state index contributed by atoms with van der Waals surface area (Å²) in [6.07, 6.45) is 2.27. The Morgan fingerprint density at radius 1 is 1.18 bits per heavy atom. The highest BCUT2D eigenvalue weighted by atomic mass is 35.5. The predicted octanol–water partition coefficient (Wildman–Crippen LogP) is 4.06. The van der Waals surface area contributed by atoms with Crippen molar-refractivity contribution in [1.82, 2.24) is 10.6 Å². The Kier molecular flexibility index (Phi) is 5.08. The molecule has 22 heavy (non-hydrogen) atoms. The standard InChI is InChI=1S/C18H20ClFN2/c19-16-11-15(20)9-8-14(16)12-22-17-7-4-10-21-18(17)13-5-2-1-3-6-13/h1-3,5-6,8-9,11,17-18,21-22H,4,7,10,12H2/t17-,18-/m0/s1. The lowest BCUT2D eigenvalue weighted by Crippen LogP contribution is -2.45. The van der Waals surface area contributed by atoms with Crippen LogP contribution in [0.3, 0.4) is 0 Å². The van der Waals surface area contributed by atoms with E-state index in [2.05, 4.69) is 34.9 Å². The van der Waals surface area contributed by atoms with Crippen molar-refractivity contribution in [2.24, 2.45) is 0 Å². The summed E-state index contributed by atoms with van der Waals surface area (Å²) in [7, 11) is 0. The van der Waals surface area contributed by atoms with Crippen molar-refractivity contribution >= 4 is 11.6 Å². The Morgan fingerprint density at radius 3 is 2.77 bits per heavy atom. The molecule has 1 saturated heterocycles. The Hall–Kier alpha value is -1.42. The molecule has 1 heterocycles. The van der Waals surface area contributed by atoms with Crippen LogP contribution >= 0.6 is 11.6 Å². The van der Waals surface area contributed by atoms with Crippen LogP contribution in [0.25, 0.3) is 0 Å². The van der Waals surface area contributed by atoms with Crippen LogP contribution < -0.4 is 10.6 Å². The van der Waals surface area contributed by atoms with Crippen molar-refractivity contribution in [3.63, 3.8) is 0 Å². The lowest BCUT2D eigenvalue weighted by Gasteiger charge is -2.34. The third kappa shape index (κ3) is 3.67. The van der Waals surface area contributed by atoms with Gasteiger partial charge in [0.15, 0.2) is 0 Å². The summed E-state index contributed by atoms with van der Waals surface area (Å²) in [6.45, 7) is 1.68. The zero-order valence-corrected chi connectivity index (χ0v) is 13.1. The molecule has 1 aliphatic heterocycles. The highest BCUT2D eigenvalue weighted by Crippen LogP contribution is 2.24. The zero-order valence-electron chi connectivity index (χ0n) is 12.4. The second-order valence-corrected chi connectivity index (χ2v) is 6.12. The molecule has 1 aliphatic rings. The summed E-state index contributed by atoms with van der Waals surface area (Å²) in [5.41, 5.74) is 2.23. The van der Waals surface area contributed by atoms with Gasteiger partial charge in [0.2, 0.25) is 0 Å². The number of piperidine rings is 1. The third-order valence-corrected chi connectivity index (χ3v) is 4.54. The Balaban J connectivity index is 1.69. The van der Waals surface area contributed by atoms with Gasteiger partial charge in [-0.15, -0.1) is 0 Å². The van der Waals surface area contributed by atoms with E-state index in [1.807, 2.05) is 6.07 Å². The predicted molar refractivity (Wildman–Crippen MR) is 88.5 cm³/mol. The minimum absolute atomic E-state index is 0.296. The Morgan fingerprint density at radius 2 is 2.00 bits per heavy atom. The molecule has 2 nitrogen and oxygen atoms in total. The van der Waals surface area contributed by atoms with Crippen LogP contribution in [-0.2, 0) is 6.54 Å². The van der Waals surface area contributed by atoms with Crippen LogP contribution in [0.4, 0.5) is 4.39 Å². The van der Waals surface area contributed by atoms with Crippen molar-refractivity contribution in [3.05, 3.63) is 70.5 Å². The van der Waals surface area contributed by atoms with E-state index in [1.165, 1.54) is 17.7 Å².